The lowest BCUT2D eigenvalue weighted by molar-refractivity contribution is -0.131. The molecule has 4 amide bonds. The van der Waals surface area contributed by atoms with Gasteiger partial charge in [-0.2, -0.15) is 5.10 Å². The molecule has 3 fully saturated rings. The van der Waals surface area contributed by atoms with Crippen molar-refractivity contribution >= 4 is 91.1 Å². The Bertz CT molecular complexity index is 3330. The molecule has 2 aliphatic carbocycles. The summed E-state index contributed by atoms with van der Waals surface area (Å²) in [7, 11) is 4.94. The number of hydrogen-bond acceptors (Lipinski definition) is 9. The number of thiophene rings is 1. The number of ether oxygens (including phenoxy) is 2. The predicted octanol–water partition coefficient (Wildman–Crippen LogP) is 10.7. The number of aromatic nitrogens is 2. The van der Waals surface area contributed by atoms with Crippen LogP contribution in [0.3, 0.4) is 0 Å². The molecule has 1 saturated carbocycles. The third-order valence-electron chi connectivity index (χ3n) is 14.8. The summed E-state index contributed by atoms with van der Waals surface area (Å²) in [5, 5.41) is 20.1. The van der Waals surface area contributed by atoms with Crippen LogP contribution in [0.15, 0.2) is 115 Å². The van der Waals surface area contributed by atoms with Crippen LogP contribution in [0.25, 0.3) is 43.6 Å². The molecule has 336 valence electrons. The lowest BCUT2D eigenvalue weighted by Gasteiger charge is -2.49. The van der Waals surface area contributed by atoms with E-state index in [0.717, 1.165) is 42.6 Å². The monoisotopic (exact) mass is 928 g/mol. The maximum atomic E-state index is 15.4. The van der Waals surface area contributed by atoms with Gasteiger partial charge in [0.15, 0.2) is 0 Å². The highest BCUT2D eigenvalue weighted by molar-refractivity contribution is 7.22. The van der Waals surface area contributed by atoms with Crippen LogP contribution in [0.4, 0.5) is 11.5 Å². The number of allylic oxidation sites excluding steroid dienone is 2. The standard InChI is InChI=1S/C54H45ClN4O7S/c1-28-39-25-32(55)15-23-44(39)67-49(28)42-27-45(57(3)56-42)59-51(62)41-26-40-36(47(54(41,2)53(59)64)38-19-14-30-8-6-7-9-35(30)48(38)60)20-21-37-46(40)52(63)58(50(37)61)33-16-11-29(12-17-33)10-13-31-24-34(65-4)18-22-43(31)66-5/h6-20,22-25,27,37,40-41,46-47,60H,21,26H2,1-5H3. The highest BCUT2D eigenvalue weighted by Gasteiger charge is 2.68. The maximum absolute atomic E-state index is 15.4. The van der Waals surface area contributed by atoms with Crippen molar-refractivity contribution in [1.29, 1.82) is 0 Å². The molecule has 6 atom stereocenters. The molecule has 7 aromatic rings. The van der Waals surface area contributed by atoms with Crippen LogP contribution in [0.2, 0.25) is 5.02 Å². The van der Waals surface area contributed by atoms with Gasteiger partial charge in [-0.1, -0.05) is 83.9 Å². The second-order valence-electron chi connectivity index (χ2n) is 18.1. The zero-order valence-corrected chi connectivity index (χ0v) is 38.9. The van der Waals surface area contributed by atoms with Crippen molar-refractivity contribution in [3.05, 3.63) is 142 Å². The van der Waals surface area contributed by atoms with Crippen LogP contribution in [0.1, 0.15) is 47.9 Å². The van der Waals surface area contributed by atoms with Gasteiger partial charge in [-0.25, -0.2) is 4.90 Å². The number of nitrogens with zero attached hydrogens (tertiary/aromatic N) is 4. The molecule has 0 bridgehead atoms. The molecule has 0 radical (unpaired) electrons. The van der Waals surface area contributed by atoms with E-state index in [-0.39, 0.29) is 30.4 Å². The molecule has 6 unspecified atom stereocenters. The number of anilines is 2. The SMILES string of the molecule is COc1ccc(OC)c(C=Cc2ccc(N3C(=O)C4CC=C5C(CC6C(=O)N(c7cc(-c8sc9ccc(Cl)cc9c8C)nn7C)C(=O)C6(C)C5c5ccc6ccccc6c5O)C4C3=O)cc2)c1. The topological polar surface area (TPSA) is 131 Å². The Labute approximate surface area is 395 Å². The van der Waals surface area contributed by atoms with E-state index in [1.54, 1.807) is 55.5 Å². The normalized spacial score (nSPS) is 23.6. The molecule has 2 aliphatic heterocycles. The Balaban J connectivity index is 0.964. The summed E-state index contributed by atoms with van der Waals surface area (Å²) >= 11 is 7.93. The van der Waals surface area contributed by atoms with Crippen molar-refractivity contribution in [1.82, 2.24) is 9.78 Å². The van der Waals surface area contributed by atoms with Crippen molar-refractivity contribution in [3.63, 3.8) is 0 Å². The Morgan fingerprint density at radius 3 is 2.40 bits per heavy atom. The molecular formula is C54H45ClN4O7S. The number of fused-ring (bicyclic) bond motifs is 6. The van der Waals surface area contributed by atoms with Crippen molar-refractivity contribution in [2.75, 3.05) is 24.0 Å². The summed E-state index contributed by atoms with van der Waals surface area (Å²) in [6.45, 7) is 3.83. The molecule has 0 spiro atoms. The highest BCUT2D eigenvalue weighted by atomic mass is 35.5. The number of phenols is 1. The lowest BCUT2D eigenvalue weighted by Crippen LogP contribution is -2.49. The molecule has 67 heavy (non-hydrogen) atoms. The van der Waals surface area contributed by atoms with E-state index in [2.05, 4.69) is 0 Å². The van der Waals surface area contributed by atoms with Gasteiger partial charge in [-0.05, 0) is 103 Å². The van der Waals surface area contributed by atoms with Gasteiger partial charge in [0.25, 0.3) is 0 Å². The fourth-order valence-electron chi connectivity index (χ4n) is 11.4. The Hall–Kier alpha value is -7.02. The molecule has 11 nitrogen and oxygen atoms in total. The summed E-state index contributed by atoms with van der Waals surface area (Å²) < 4.78 is 13.5. The number of imide groups is 2. The smallest absolute Gasteiger partial charge is 0.242 e. The summed E-state index contributed by atoms with van der Waals surface area (Å²) in [4.78, 5) is 63.5. The van der Waals surface area contributed by atoms with E-state index in [4.69, 9.17) is 26.2 Å². The summed E-state index contributed by atoms with van der Waals surface area (Å²) in [6.07, 6.45) is 6.27. The van der Waals surface area contributed by atoms with E-state index in [0.29, 0.717) is 44.7 Å². The van der Waals surface area contributed by atoms with Crippen molar-refractivity contribution in [2.45, 2.75) is 32.6 Å². The van der Waals surface area contributed by atoms with Gasteiger partial charge in [0.2, 0.25) is 23.6 Å². The van der Waals surface area contributed by atoms with Gasteiger partial charge in [0, 0.05) is 45.3 Å². The van der Waals surface area contributed by atoms with Gasteiger partial charge in [0.05, 0.1) is 48.0 Å². The number of carbonyl (C=O) groups is 4. The van der Waals surface area contributed by atoms with Gasteiger partial charge in [-0.15, -0.1) is 11.3 Å². The third kappa shape index (κ3) is 6.40. The number of methoxy groups -OCH3 is 2. The predicted molar refractivity (Wildman–Crippen MR) is 261 cm³/mol. The Kier molecular flexibility index (Phi) is 10.1. The number of carbonyl (C=O) groups excluding carboxylic acids is 4. The molecule has 2 saturated heterocycles. The number of rotatable bonds is 8. The maximum Gasteiger partial charge on any atom is 0.242 e. The number of halogens is 1. The average molecular weight is 929 g/mol. The third-order valence-corrected chi connectivity index (χ3v) is 16.3. The quantitative estimate of drug-likeness (QED) is 0.0905. The zero-order chi connectivity index (χ0) is 46.6. The fraction of sp³-hybridized carbons (Fsp3) is 0.241. The van der Waals surface area contributed by atoms with Crippen molar-refractivity contribution < 1.29 is 33.8 Å². The fourth-order valence-corrected chi connectivity index (χ4v) is 12.8. The second-order valence-corrected chi connectivity index (χ2v) is 19.6. The van der Waals surface area contributed by atoms with Crippen LogP contribution in [0, 0.1) is 36.0 Å². The minimum absolute atomic E-state index is 0.0167. The molecule has 4 heterocycles. The van der Waals surface area contributed by atoms with Crippen molar-refractivity contribution in [3.8, 4) is 27.8 Å². The van der Waals surface area contributed by atoms with Crippen LogP contribution in [-0.2, 0) is 26.2 Å². The number of amides is 4. The summed E-state index contributed by atoms with van der Waals surface area (Å²) in [5.41, 5.74) is 3.65. The van der Waals surface area contributed by atoms with Gasteiger partial charge < -0.3 is 14.6 Å². The first-order valence-corrected chi connectivity index (χ1v) is 23.4. The first-order valence-electron chi connectivity index (χ1n) is 22.2. The number of aromatic hydroxyl groups is 1. The van der Waals surface area contributed by atoms with Crippen LogP contribution in [0.5, 0.6) is 17.2 Å². The molecule has 5 aromatic carbocycles. The highest BCUT2D eigenvalue weighted by Crippen LogP contribution is 2.65. The van der Waals surface area contributed by atoms with E-state index in [1.165, 1.54) is 9.80 Å². The van der Waals surface area contributed by atoms with Crippen molar-refractivity contribution in [2.24, 2.45) is 36.1 Å². The minimum Gasteiger partial charge on any atom is -0.507 e. The zero-order valence-electron chi connectivity index (χ0n) is 37.3. The Morgan fingerprint density at radius 2 is 1.63 bits per heavy atom. The van der Waals surface area contributed by atoms with Crippen LogP contribution in [-0.4, -0.2) is 52.7 Å². The molecule has 4 aliphatic rings. The second kappa shape index (κ2) is 15.8. The van der Waals surface area contributed by atoms with E-state index < -0.39 is 46.8 Å². The number of benzene rings is 5. The lowest BCUT2D eigenvalue weighted by atomic mass is 9.51. The van der Waals surface area contributed by atoms with Crippen LogP contribution < -0.4 is 19.3 Å². The molecular weight excluding hydrogens is 884 g/mol. The summed E-state index contributed by atoms with van der Waals surface area (Å²) in [6, 6.07) is 31.6. The largest absolute Gasteiger partial charge is 0.507 e. The van der Waals surface area contributed by atoms with E-state index in [9.17, 15) is 14.7 Å². The number of hydrogen-bond donors (Lipinski definition) is 1. The molecule has 2 aromatic heterocycles. The molecule has 1 N–H and O–H groups in total. The number of aryl methyl sites for hydroxylation is 2. The van der Waals surface area contributed by atoms with Gasteiger partial charge in [-0.3, -0.25) is 28.8 Å². The average Bonchev–Trinajstić information content (AvgIpc) is 4.01. The van der Waals surface area contributed by atoms with E-state index >= 15 is 9.59 Å². The molecule has 11 rings (SSSR count). The first kappa shape index (κ1) is 42.6. The van der Waals surface area contributed by atoms with Gasteiger partial charge in [0.1, 0.15) is 28.8 Å². The van der Waals surface area contributed by atoms with E-state index in [1.807, 2.05) is 117 Å². The number of phenolic OH excluding ortho intramolecular Hbond substituents is 1. The van der Waals surface area contributed by atoms with Gasteiger partial charge >= 0.3 is 0 Å². The summed E-state index contributed by atoms with van der Waals surface area (Å²) in [5.74, 6) is -3.45. The first-order chi connectivity index (χ1) is 32.3. The molecule has 13 heteroatoms. The Morgan fingerprint density at radius 1 is 0.836 bits per heavy atom. The van der Waals surface area contributed by atoms with Crippen LogP contribution >= 0.6 is 22.9 Å². The minimum atomic E-state index is -1.37.